The lowest BCUT2D eigenvalue weighted by atomic mass is 10.2. The van der Waals surface area contributed by atoms with Gasteiger partial charge in [-0.1, -0.05) is 29.8 Å². The molecule has 0 bridgehead atoms. The van der Waals surface area contributed by atoms with Gasteiger partial charge in [0.25, 0.3) is 17.7 Å². The van der Waals surface area contributed by atoms with Crippen LogP contribution in [0.1, 0.15) is 5.56 Å². The fraction of sp³-hybridized carbons (Fsp3) is 0.118. The third-order valence-electron chi connectivity index (χ3n) is 3.11. The van der Waals surface area contributed by atoms with Crippen LogP contribution in [0.5, 0.6) is 5.75 Å². The molecule has 122 valence electrons. The molecule has 0 aliphatic carbocycles. The summed E-state index contributed by atoms with van der Waals surface area (Å²) < 4.78 is 10.5. The van der Waals surface area contributed by atoms with Crippen molar-refractivity contribution in [3.05, 3.63) is 59.1 Å². The lowest BCUT2D eigenvalue weighted by molar-refractivity contribution is -0.118. The van der Waals surface area contributed by atoms with E-state index in [1.165, 1.54) is 0 Å². The van der Waals surface area contributed by atoms with Crippen molar-refractivity contribution in [1.82, 2.24) is 10.1 Å². The highest BCUT2D eigenvalue weighted by molar-refractivity contribution is 6.30. The van der Waals surface area contributed by atoms with Gasteiger partial charge >= 0.3 is 0 Å². The van der Waals surface area contributed by atoms with Gasteiger partial charge in [-0.3, -0.25) is 10.1 Å². The van der Waals surface area contributed by atoms with Gasteiger partial charge in [0.05, 0.1) is 0 Å². The number of nitrogens with zero attached hydrogens (tertiary/aromatic N) is 2. The number of anilines is 1. The molecule has 0 radical (unpaired) electrons. The van der Waals surface area contributed by atoms with E-state index < -0.39 is 0 Å². The Morgan fingerprint density at radius 3 is 2.88 bits per heavy atom. The Bertz CT molecular complexity index is 864. The summed E-state index contributed by atoms with van der Waals surface area (Å²) in [6, 6.07) is 14.4. The molecule has 1 aromatic heterocycles. The van der Waals surface area contributed by atoms with E-state index in [0.717, 1.165) is 5.56 Å². The van der Waals surface area contributed by atoms with Crippen molar-refractivity contribution in [2.45, 2.75) is 6.92 Å². The number of aromatic nitrogens is 2. The van der Waals surface area contributed by atoms with Crippen LogP contribution in [0.4, 0.5) is 5.95 Å². The monoisotopic (exact) mass is 343 g/mol. The van der Waals surface area contributed by atoms with E-state index in [4.69, 9.17) is 20.9 Å². The molecule has 0 saturated carbocycles. The second-order valence-corrected chi connectivity index (χ2v) is 5.52. The molecule has 0 aliphatic rings. The van der Waals surface area contributed by atoms with Crippen LogP contribution in [-0.2, 0) is 4.79 Å². The maximum atomic E-state index is 11.9. The molecule has 1 N–H and O–H groups in total. The zero-order valence-electron chi connectivity index (χ0n) is 12.8. The standard InChI is InChI=1S/C17H14ClN3O3/c1-11-4-2-7-14(8-11)23-10-15(22)19-17-20-16(24-21-17)12-5-3-6-13(18)9-12/h2-9H,10H2,1H3,(H,19,21,22). The predicted molar refractivity (Wildman–Crippen MR) is 90.0 cm³/mol. The van der Waals surface area contributed by atoms with Gasteiger partial charge in [-0.2, -0.15) is 4.98 Å². The number of ether oxygens (including phenoxy) is 1. The summed E-state index contributed by atoms with van der Waals surface area (Å²) in [5.41, 5.74) is 1.73. The van der Waals surface area contributed by atoms with Crippen LogP contribution < -0.4 is 10.1 Å². The summed E-state index contributed by atoms with van der Waals surface area (Å²) in [4.78, 5) is 16.0. The third kappa shape index (κ3) is 4.11. The molecule has 3 rings (SSSR count). The third-order valence-corrected chi connectivity index (χ3v) is 3.34. The molecule has 6 nitrogen and oxygen atoms in total. The second-order valence-electron chi connectivity index (χ2n) is 5.09. The number of amides is 1. The summed E-state index contributed by atoms with van der Waals surface area (Å²) in [6.45, 7) is 1.80. The van der Waals surface area contributed by atoms with E-state index in [9.17, 15) is 4.79 Å². The minimum absolute atomic E-state index is 0.0721. The SMILES string of the molecule is Cc1cccc(OCC(=O)Nc2noc(-c3cccc(Cl)c3)n2)c1. The molecule has 7 heteroatoms. The minimum atomic E-state index is -0.380. The van der Waals surface area contributed by atoms with Gasteiger partial charge in [-0.25, -0.2) is 0 Å². The Morgan fingerprint density at radius 1 is 1.25 bits per heavy atom. The highest BCUT2D eigenvalue weighted by atomic mass is 35.5. The average Bonchev–Trinajstić information content (AvgIpc) is 3.01. The number of aryl methyl sites for hydroxylation is 1. The largest absolute Gasteiger partial charge is 0.484 e. The van der Waals surface area contributed by atoms with E-state index in [-0.39, 0.29) is 24.4 Å². The van der Waals surface area contributed by atoms with Crippen molar-refractivity contribution in [2.24, 2.45) is 0 Å². The first-order valence-corrected chi connectivity index (χ1v) is 7.57. The maximum Gasteiger partial charge on any atom is 0.270 e. The Morgan fingerprint density at radius 2 is 2.08 bits per heavy atom. The molecule has 1 heterocycles. The van der Waals surface area contributed by atoms with Crippen LogP contribution in [0.3, 0.4) is 0 Å². The van der Waals surface area contributed by atoms with Crippen molar-refractivity contribution < 1.29 is 14.1 Å². The van der Waals surface area contributed by atoms with Gasteiger partial charge in [0.2, 0.25) is 0 Å². The first kappa shape index (κ1) is 16.0. The maximum absolute atomic E-state index is 11.9. The van der Waals surface area contributed by atoms with E-state index in [0.29, 0.717) is 16.3 Å². The molecule has 24 heavy (non-hydrogen) atoms. The highest BCUT2D eigenvalue weighted by Crippen LogP contribution is 2.21. The first-order valence-electron chi connectivity index (χ1n) is 7.19. The number of carbonyl (C=O) groups is 1. The first-order chi connectivity index (χ1) is 11.6. The van der Waals surface area contributed by atoms with Crippen LogP contribution in [0.2, 0.25) is 5.02 Å². The summed E-state index contributed by atoms with van der Waals surface area (Å²) in [5.74, 6) is 0.586. The Hall–Kier alpha value is -2.86. The van der Waals surface area contributed by atoms with E-state index in [1.54, 1.807) is 30.3 Å². The molecule has 0 spiro atoms. The van der Waals surface area contributed by atoms with Crippen molar-refractivity contribution in [3.8, 4) is 17.2 Å². The van der Waals surface area contributed by atoms with E-state index in [1.807, 2.05) is 25.1 Å². The normalized spacial score (nSPS) is 10.4. The molecular formula is C17H14ClN3O3. The predicted octanol–water partition coefficient (Wildman–Crippen LogP) is 3.72. The Kier molecular flexibility index (Phi) is 4.77. The van der Waals surface area contributed by atoms with Gasteiger partial charge in [0, 0.05) is 10.6 Å². The molecule has 0 saturated heterocycles. The quantitative estimate of drug-likeness (QED) is 0.764. The lowest BCUT2D eigenvalue weighted by Crippen LogP contribution is -2.20. The van der Waals surface area contributed by atoms with Crippen LogP contribution in [0.15, 0.2) is 53.1 Å². The number of carbonyl (C=O) groups excluding carboxylic acids is 1. The number of nitrogens with one attached hydrogen (secondary N) is 1. The molecule has 0 atom stereocenters. The molecule has 3 aromatic rings. The molecule has 0 fully saturated rings. The van der Waals surface area contributed by atoms with Gasteiger partial charge < -0.3 is 9.26 Å². The Balaban J connectivity index is 1.59. The van der Waals surface area contributed by atoms with Crippen molar-refractivity contribution in [2.75, 3.05) is 11.9 Å². The van der Waals surface area contributed by atoms with Gasteiger partial charge in [0.15, 0.2) is 6.61 Å². The zero-order chi connectivity index (χ0) is 16.9. The summed E-state index contributed by atoms with van der Waals surface area (Å²) in [5, 5.41) is 6.79. The molecule has 2 aromatic carbocycles. The average molecular weight is 344 g/mol. The highest BCUT2D eigenvalue weighted by Gasteiger charge is 2.12. The molecular weight excluding hydrogens is 330 g/mol. The summed E-state index contributed by atoms with van der Waals surface area (Å²) in [7, 11) is 0. The molecule has 0 unspecified atom stereocenters. The smallest absolute Gasteiger partial charge is 0.270 e. The zero-order valence-corrected chi connectivity index (χ0v) is 13.6. The lowest BCUT2D eigenvalue weighted by Gasteiger charge is -2.05. The van der Waals surface area contributed by atoms with Crippen molar-refractivity contribution in [3.63, 3.8) is 0 Å². The number of benzene rings is 2. The summed E-state index contributed by atoms with van der Waals surface area (Å²) in [6.07, 6.45) is 0. The molecule has 1 amide bonds. The van der Waals surface area contributed by atoms with Crippen LogP contribution >= 0.6 is 11.6 Å². The van der Waals surface area contributed by atoms with Crippen LogP contribution in [0, 0.1) is 6.92 Å². The summed E-state index contributed by atoms with van der Waals surface area (Å²) >= 11 is 5.92. The van der Waals surface area contributed by atoms with E-state index in [2.05, 4.69) is 15.5 Å². The second kappa shape index (κ2) is 7.14. The molecule has 0 aliphatic heterocycles. The van der Waals surface area contributed by atoms with Crippen molar-refractivity contribution in [1.29, 1.82) is 0 Å². The topological polar surface area (TPSA) is 77.2 Å². The van der Waals surface area contributed by atoms with Gasteiger partial charge in [0.1, 0.15) is 5.75 Å². The van der Waals surface area contributed by atoms with Crippen LogP contribution in [0.25, 0.3) is 11.5 Å². The van der Waals surface area contributed by atoms with Crippen LogP contribution in [-0.4, -0.2) is 22.7 Å². The fourth-order valence-electron chi connectivity index (χ4n) is 2.03. The Labute approximate surface area is 143 Å². The number of hydrogen-bond acceptors (Lipinski definition) is 5. The minimum Gasteiger partial charge on any atom is -0.484 e. The van der Waals surface area contributed by atoms with E-state index >= 15 is 0 Å². The number of hydrogen-bond donors (Lipinski definition) is 1. The fourth-order valence-corrected chi connectivity index (χ4v) is 2.22. The number of halogens is 1. The number of rotatable bonds is 5. The van der Waals surface area contributed by atoms with Gasteiger partial charge in [-0.15, -0.1) is 0 Å². The van der Waals surface area contributed by atoms with Gasteiger partial charge in [-0.05, 0) is 48.0 Å². The van der Waals surface area contributed by atoms with Crippen molar-refractivity contribution >= 4 is 23.5 Å².